The molecule has 3 aromatic heterocycles. The number of rotatable bonds is 3. The lowest BCUT2D eigenvalue weighted by Crippen LogP contribution is -2.08. The van der Waals surface area contributed by atoms with Gasteiger partial charge < -0.3 is 11.1 Å². The first-order valence-corrected chi connectivity index (χ1v) is 6.33. The van der Waals surface area contributed by atoms with Gasteiger partial charge in [0.1, 0.15) is 10.6 Å². The number of anilines is 2. The van der Waals surface area contributed by atoms with Crippen molar-refractivity contribution in [1.29, 1.82) is 0 Å². The van der Waals surface area contributed by atoms with Gasteiger partial charge in [0.05, 0.1) is 17.6 Å². The second-order valence-corrected chi connectivity index (χ2v) is 4.76. The lowest BCUT2D eigenvalue weighted by atomic mass is 10.3. The summed E-state index contributed by atoms with van der Waals surface area (Å²) >= 11 is 1.55. The van der Waals surface area contributed by atoms with Gasteiger partial charge in [0.2, 0.25) is 5.95 Å². The zero-order valence-electron chi connectivity index (χ0n) is 9.79. The molecule has 3 aromatic rings. The van der Waals surface area contributed by atoms with E-state index in [0.29, 0.717) is 6.54 Å². The van der Waals surface area contributed by atoms with Crippen LogP contribution in [0.5, 0.6) is 0 Å². The molecule has 0 atom stereocenters. The fourth-order valence-electron chi connectivity index (χ4n) is 1.76. The molecule has 0 aliphatic rings. The Morgan fingerprint density at radius 2 is 2.28 bits per heavy atom. The molecule has 0 saturated carbocycles. The Morgan fingerprint density at radius 1 is 1.39 bits per heavy atom. The van der Waals surface area contributed by atoms with Crippen molar-refractivity contribution in [3.05, 3.63) is 29.4 Å². The zero-order chi connectivity index (χ0) is 12.5. The molecule has 0 aromatic carbocycles. The number of aromatic nitrogens is 4. The largest absolute Gasteiger partial charge is 0.368 e. The lowest BCUT2D eigenvalue weighted by molar-refractivity contribution is 0.720. The van der Waals surface area contributed by atoms with Crippen molar-refractivity contribution in [3.63, 3.8) is 0 Å². The van der Waals surface area contributed by atoms with Gasteiger partial charge in [-0.25, -0.2) is 4.98 Å². The molecular weight excluding hydrogens is 248 g/mol. The van der Waals surface area contributed by atoms with Crippen molar-refractivity contribution in [3.8, 4) is 0 Å². The summed E-state index contributed by atoms with van der Waals surface area (Å²) in [4.78, 5) is 9.32. The Labute approximate surface area is 107 Å². The van der Waals surface area contributed by atoms with Crippen molar-refractivity contribution < 1.29 is 0 Å². The number of hydrogen-bond acceptors (Lipinski definition) is 6. The van der Waals surface area contributed by atoms with Gasteiger partial charge in [-0.2, -0.15) is 10.1 Å². The second-order valence-electron chi connectivity index (χ2n) is 3.87. The SMILES string of the molecule is Cn1nccc1CNc1nc(N)nc2sccc12. The first kappa shape index (κ1) is 11.0. The van der Waals surface area contributed by atoms with E-state index in [4.69, 9.17) is 5.73 Å². The highest BCUT2D eigenvalue weighted by Crippen LogP contribution is 2.25. The van der Waals surface area contributed by atoms with Crippen LogP contribution in [-0.2, 0) is 13.6 Å². The van der Waals surface area contributed by atoms with Crippen LogP contribution in [0.2, 0.25) is 0 Å². The average molecular weight is 260 g/mol. The number of nitrogens with two attached hydrogens (primary N) is 1. The first-order valence-electron chi connectivity index (χ1n) is 5.45. The minimum atomic E-state index is 0.289. The molecule has 0 unspecified atom stereocenters. The van der Waals surface area contributed by atoms with Crippen LogP contribution in [0.3, 0.4) is 0 Å². The van der Waals surface area contributed by atoms with Gasteiger partial charge in [-0.1, -0.05) is 0 Å². The van der Waals surface area contributed by atoms with E-state index in [1.54, 1.807) is 17.5 Å². The summed E-state index contributed by atoms with van der Waals surface area (Å²) in [6.07, 6.45) is 1.77. The van der Waals surface area contributed by atoms with Gasteiger partial charge >= 0.3 is 0 Å². The Bertz CT molecular complexity index is 686. The zero-order valence-corrected chi connectivity index (χ0v) is 10.6. The van der Waals surface area contributed by atoms with Gasteiger partial charge in [0, 0.05) is 13.2 Å². The van der Waals surface area contributed by atoms with Gasteiger partial charge in [-0.15, -0.1) is 11.3 Å². The monoisotopic (exact) mass is 260 g/mol. The minimum absolute atomic E-state index is 0.289. The predicted octanol–water partition coefficient (Wildman–Crippen LogP) is 1.62. The molecule has 0 radical (unpaired) electrons. The van der Waals surface area contributed by atoms with Crippen LogP contribution in [0, 0.1) is 0 Å². The molecule has 0 aliphatic heterocycles. The fraction of sp³-hybridized carbons (Fsp3) is 0.182. The van der Waals surface area contributed by atoms with E-state index in [0.717, 1.165) is 21.7 Å². The van der Waals surface area contributed by atoms with Crippen LogP contribution < -0.4 is 11.1 Å². The third kappa shape index (κ3) is 1.88. The van der Waals surface area contributed by atoms with E-state index >= 15 is 0 Å². The summed E-state index contributed by atoms with van der Waals surface area (Å²) in [6.45, 7) is 0.651. The summed E-state index contributed by atoms with van der Waals surface area (Å²) in [6, 6.07) is 3.95. The molecule has 0 spiro atoms. The maximum absolute atomic E-state index is 5.69. The topological polar surface area (TPSA) is 81.7 Å². The minimum Gasteiger partial charge on any atom is -0.368 e. The summed E-state index contributed by atoms with van der Waals surface area (Å²) in [5, 5.41) is 10.4. The van der Waals surface area contributed by atoms with E-state index in [1.807, 2.05) is 29.2 Å². The number of thiophene rings is 1. The molecule has 0 aliphatic carbocycles. The van der Waals surface area contributed by atoms with Crippen LogP contribution in [0.1, 0.15) is 5.69 Å². The molecule has 7 heteroatoms. The van der Waals surface area contributed by atoms with Gasteiger partial charge in [0.25, 0.3) is 0 Å². The second kappa shape index (κ2) is 4.26. The number of aryl methyl sites for hydroxylation is 1. The number of nitrogens with zero attached hydrogens (tertiary/aromatic N) is 4. The van der Waals surface area contributed by atoms with Crippen molar-refractivity contribution in [1.82, 2.24) is 19.7 Å². The van der Waals surface area contributed by atoms with Crippen LogP contribution in [-0.4, -0.2) is 19.7 Å². The molecule has 0 amide bonds. The highest BCUT2D eigenvalue weighted by Gasteiger charge is 2.07. The summed E-state index contributed by atoms with van der Waals surface area (Å²) in [5.41, 5.74) is 6.77. The van der Waals surface area contributed by atoms with Gasteiger partial charge in [0.15, 0.2) is 0 Å². The fourth-order valence-corrected chi connectivity index (χ4v) is 2.53. The van der Waals surface area contributed by atoms with Crippen molar-refractivity contribution in [2.45, 2.75) is 6.54 Å². The van der Waals surface area contributed by atoms with E-state index in [1.165, 1.54) is 0 Å². The summed E-state index contributed by atoms with van der Waals surface area (Å²) in [7, 11) is 1.91. The molecule has 92 valence electrons. The third-order valence-electron chi connectivity index (χ3n) is 2.70. The molecule has 3 heterocycles. The van der Waals surface area contributed by atoms with Crippen molar-refractivity contribution in [2.24, 2.45) is 7.05 Å². The van der Waals surface area contributed by atoms with Gasteiger partial charge in [-0.3, -0.25) is 4.68 Å². The Balaban J connectivity index is 1.90. The molecule has 0 fully saturated rings. The number of nitrogens with one attached hydrogen (secondary N) is 1. The standard InChI is InChI=1S/C11H12N6S/c1-17-7(2-4-14-17)6-13-9-8-3-5-18-10(8)16-11(12)15-9/h2-5H,6H2,1H3,(H3,12,13,15,16). The highest BCUT2D eigenvalue weighted by atomic mass is 32.1. The van der Waals surface area contributed by atoms with Crippen LogP contribution in [0.4, 0.5) is 11.8 Å². The molecule has 3 N–H and O–H groups in total. The Hall–Kier alpha value is -2.15. The number of hydrogen-bond donors (Lipinski definition) is 2. The molecule has 3 rings (SSSR count). The van der Waals surface area contributed by atoms with Crippen molar-refractivity contribution in [2.75, 3.05) is 11.1 Å². The maximum Gasteiger partial charge on any atom is 0.223 e. The van der Waals surface area contributed by atoms with Crippen LogP contribution >= 0.6 is 11.3 Å². The summed E-state index contributed by atoms with van der Waals surface area (Å²) in [5.74, 6) is 1.05. The number of fused-ring (bicyclic) bond motifs is 1. The smallest absolute Gasteiger partial charge is 0.223 e. The molecule has 0 bridgehead atoms. The Morgan fingerprint density at radius 3 is 3.06 bits per heavy atom. The maximum atomic E-state index is 5.69. The lowest BCUT2D eigenvalue weighted by Gasteiger charge is -2.07. The molecule has 18 heavy (non-hydrogen) atoms. The van der Waals surface area contributed by atoms with E-state index in [-0.39, 0.29) is 5.95 Å². The molecular formula is C11H12N6S. The predicted molar refractivity (Wildman–Crippen MR) is 72.4 cm³/mol. The van der Waals surface area contributed by atoms with Crippen molar-refractivity contribution >= 4 is 33.3 Å². The quantitative estimate of drug-likeness (QED) is 0.748. The van der Waals surface area contributed by atoms with E-state index < -0.39 is 0 Å². The average Bonchev–Trinajstić information content (AvgIpc) is 2.94. The normalized spacial score (nSPS) is 10.9. The third-order valence-corrected chi connectivity index (χ3v) is 3.51. The van der Waals surface area contributed by atoms with E-state index in [2.05, 4.69) is 20.4 Å². The highest BCUT2D eigenvalue weighted by molar-refractivity contribution is 7.16. The molecule has 0 saturated heterocycles. The van der Waals surface area contributed by atoms with Crippen LogP contribution in [0.25, 0.3) is 10.2 Å². The number of nitrogen functional groups attached to an aromatic ring is 1. The Kier molecular flexibility index (Phi) is 2.60. The molecule has 6 nitrogen and oxygen atoms in total. The van der Waals surface area contributed by atoms with Gasteiger partial charge in [-0.05, 0) is 17.5 Å². The van der Waals surface area contributed by atoms with Crippen LogP contribution in [0.15, 0.2) is 23.7 Å². The van der Waals surface area contributed by atoms with E-state index in [9.17, 15) is 0 Å². The first-order chi connectivity index (χ1) is 8.74. The summed E-state index contributed by atoms with van der Waals surface area (Å²) < 4.78 is 1.82.